The van der Waals surface area contributed by atoms with E-state index in [0.717, 1.165) is 25.7 Å². The first-order valence-corrected chi connectivity index (χ1v) is 8.31. The smallest absolute Gasteiger partial charge is 0.272 e. The number of nitrogens with one attached hydrogen (secondary N) is 1. The molecule has 0 radical (unpaired) electrons. The fourth-order valence-electron chi connectivity index (χ4n) is 3.17. The Labute approximate surface area is 140 Å². The van der Waals surface area contributed by atoms with Crippen molar-refractivity contribution in [3.05, 3.63) is 23.9 Å². The number of hydrogen-bond acceptors (Lipinski definition) is 4. The van der Waals surface area contributed by atoms with Gasteiger partial charge in [0.2, 0.25) is 5.88 Å². The maximum Gasteiger partial charge on any atom is 0.272 e. The van der Waals surface area contributed by atoms with Crippen molar-refractivity contribution in [2.75, 3.05) is 19.8 Å². The van der Waals surface area contributed by atoms with Crippen molar-refractivity contribution in [1.29, 1.82) is 0 Å². The minimum Gasteiger partial charge on any atom is -0.472 e. The molecule has 0 saturated heterocycles. The molecule has 0 atom stereocenters. The van der Waals surface area contributed by atoms with Crippen LogP contribution in [0.3, 0.4) is 0 Å². The molecule has 2 rings (SSSR count). The van der Waals surface area contributed by atoms with Gasteiger partial charge in [0.1, 0.15) is 0 Å². The van der Waals surface area contributed by atoms with Gasteiger partial charge in [-0.2, -0.15) is 0 Å². The molecule has 0 unspecified atom stereocenters. The summed E-state index contributed by atoms with van der Waals surface area (Å²) < 4.78 is 28.9. The standard InChI is InChI=1S/C17H24F2N2O3/c18-14(19)11-24-15-5-4-13(10-20-15)16(23)21-12-17(8-9-22)6-2-1-3-7-17/h4-5,10,14,22H,1-3,6-9,11-12H2,(H,21,23). The number of nitrogens with zero attached hydrogens (tertiary/aromatic N) is 1. The molecule has 0 aliphatic heterocycles. The number of carbonyl (C=O) groups is 1. The number of aliphatic hydroxyl groups excluding tert-OH is 1. The minimum absolute atomic E-state index is 0.0313. The minimum atomic E-state index is -2.56. The molecule has 1 aliphatic rings. The predicted molar refractivity (Wildman–Crippen MR) is 85.3 cm³/mol. The molecule has 7 heteroatoms. The second-order valence-corrected chi connectivity index (χ2v) is 6.30. The highest BCUT2D eigenvalue weighted by atomic mass is 19.3. The van der Waals surface area contributed by atoms with Crippen LogP contribution in [0.2, 0.25) is 0 Å². The van der Waals surface area contributed by atoms with Crippen molar-refractivity contribution in [2.24, 2.45) is 5.41 Å². The lowest BCUT2D eigenvalue weighted by atomic mass is 9.72. The average molecular weight is 342 g/mol. The molecule has 1 amide bonds. The molecule has 0 bridgehead atoms. The van der Waals surface area contributed by atoms with Crippen LogP contribution in [0.1, 0.15) is 48.9 Å². The SMILES string of the molecule is O=C(NCC1(CCO)CCCCC1)c1ccc(OCC(F)F)nc1. The van der Waals surface area contributed by atoms with E-state index in [-0.39, 0.29) is 23.8 Å². The van der Waals surface area contributed by atoms with E-state index >= 15 is 0 Å². The molecule has 0 spiro atoms. The molecule has 1 aromatic heterocycles. The number of hydrogen-bond donors (Lipinski definition) is 2. The largest absolute Gasteiger partial charge is 0.472 e. The summed E-state index contributed by atoms with van der Waals surface area (Å²) >= 11 is 0. The maximum atomic E-state index is 12.2. The Morgan fingerprint density at radius 2 is 2.08 bits per heavy atom. The summed E-state index contributed by atoms with van der Waals surface area (Å²) in [6.45, 7) is -0.0775. The Morgan fingerprint density at radius 1 is 1.33 bits per heavy atom. The van der Waals surface area contributed by atoms with Gasteiger partial charge in [-0.05, 0) is 30.7 Å². The molecule has 134 valence electrons. The highest BCUT2D eigenvalue weighted by molar-refractivity contribution is 5.93. The Bertz CT molecular complexity index is 512. The molecule has 24 heavy (non-hydrogen) atoms. The second kappa shape index (κ2) is 8.92. The summed E-state index contributed by atoms with van der Waals surface area (Å²) in [4.78, 5) is 16.1. The first-order valence-electron chi connectivity index (χ1n) is 8.31. The number of ether oxygens (including phenoxy) is 1. The van der Waals surface area contributed by atoms with E-state index < -0.39 is 13.0 Å². The van der Waals surface area contributed by atoms with Crippen LogP contribution >= 0.6 is 0 Å². The lowest BCUT2D eigenvalue weighted by molar-refractivity contribution is 0.0793. The molecular formula is C17H24F2N2O3. The number of aliphatic hydroxyl groups is 1. The lowest BCUT2D eigenvalue weighted by Gasteiger charge is -2.37. The highest BCUT2D eigenvalue weighted by Gasteiger charge is 2.31. The lowest BCUT2D eigenvalue weighted by Crippen LogP contribution is -2.39. The van der Waals surface area contributed by atoms with Gasteiger partial charge in [0.05, 0.1) is 5.56 Å². The second-order valence-electron chi connectivity index (χ2n) is 6.30. The molecule has 5 nitrogen and oxygen atoms in total. The Kier molecular flexibility index (Phi) is 6.90. The average Bonchev–Trinajstić information content (AvgIpc) is 2.59. The van der Waals surface area contributed by atoms with Crippen molar-refractivity contribution in [1.82, 2.24) is 10.3 Å². The van der Waals surface area contributed by atoms with Crippen LogP contribution in [-0.4, -0.2) is 42.2 Å². The number of pyridine rings is 1. The van der Waals surface area contributed by atoms with E-state index in [9.17, 15) is 18.7 Å². The summed E-state index contributed by atoms with van der Waals surface area (Å²) in [5.74, 6) is -0.193. The summed E-state index contributed by atoms with van der Waals surface area (Å²) in [5.41, 5.74) is 0.325. The van der Waals surface area contributed by atoms with E-state index in [1.807, 2.05) is 0 Å². The molecule has 1 heterocycles. The zero-order valence-electron chi connectivity index (χ0n) is 13.6. The van der Waals surface area contributed by atoms with Gasteiger partial charge < -0.3 is 15.2 Å². The maximum absolute atomic E-state index is 12.2. The Morgan fingerprint density at radius 3 is 2.67 bits per heavy atom. The van der Waals surface area contributed by atoms with E-state index in [4.69, 9.17) is 4.74 Å². The van der Waals surface area contributed by atoms with Crippen LogP contribution in [0.25, 0.3) is 0 Å². The summed E-state index contributed by atoms with van der Waals surface area (Å²) in [6.07, 6.45) is 4.89. The predicted octanol–water partition coefficient (Wildman–Crippen LogP) is 2.79. The molecule has 0 aromatic carbocycles. The van der Waals surface area contributed by atoms with Gasteiger partial charge in [-0.1, -0.05) is 19.3 Å². The first-order chi connectivity index (χ1) is 11.5. The number of alkyl halides is 2. The third-order valence-electron chi connectivity index (χ3n) is 4.54. The van der Waals surface area contributed by atoms with Crippen LogP contribution in [0, 0.1) is 5.41 Å². The monoisotopic (exact) mass is 342 g/mol. The molecule has 1 fully saturated rings. The van der Waals surface area contributed by atoms with Gasteiger partial charge in [0, 0.05) is 25.4 Å². The number of rotatable bonds is 8. The molecule has 2 N–H and O–H groups in total. The Hall–Kier alpha value is -1.76. The number of aromatic nitrogens is 1. The van der Waals surface area contributed by atoms with Gasteiger partial charge in [-0.3, -0.25) is 4.79 Å². The van der Waals surface area contributed by atoms with Crippen molar-refractivity contribution in [2.45, 2.75) is 45.0 Å². The van der Waals surface area contributed by atoms with Gasteiger partial charge in [0.25, 0.3) is 12.3 Å². The zero-order valence-corrected chi connectivity index (χ0v) is 13.6. The Balaban J connectivity index is 1.89. The van der Waals surface area contributed by atoms with Crippen LogP contribution in [-0.2, 0) is 0 Å². The van der Waals surface area contributed by atoms with Crippen LogP contribution in [0.15, 0.2) is 18.3 Å². The first kappa shape index (κ1) is 18.6. The fourth-order valence-corrected chi connectivity index (χ4v) is 3.17. The van der Waals surface area contributed by atoms with Gasteiger partial charge >= 0.3 is 0 Å². The van der Waals surface area contributed by atoms with E-state index in [0.29, 0.717) is 18.5 Å². The molecular weight excluding hydrogens is 318 g/mol. The molecule has 1 aromatic rings. The summed E-state index contributed by atoms with van der Waals surface area (Å²) in [5, 5.41) is 12.2. The molecule has 1 aliphatic carbocycles. The van der Waals surface area contributed by atoms with E-state index in [1.54, 1.807) is 0 Å². The number of halogens is 2. The van der Waals surface area contributed by atoms with Crippen molar-refractivity contribution < 1.29 is 23.4 Å². The van der Waals surface area contributed by atoms with Crippen LogP contribution in [0.4, 0.5) is 8.78 Å². The highest BCUT2D eigenvalue weighted by Crippen LogP contribution is 2.38. The van der Waals surface area contributed by atoms with Crippen LogP contribution < -0.4 is 10.1 Å². The third-order valence-corrected chi connectivity index (χ3v) is 4.54. The zero-order chi connectivity index (χ0) is 17.4. The summed E-state index contributed by atoms with van der Waals surface area (Å²) in [7, 11) is 0. The van der Waals surface area contributed by atoms with Crippen molar-refractivity contribution in [3.8, 4) is 5.88 Å². The van der Waals surface area contributed by atoms with Gasteiger partial charge in [-0.15, -0.1) is 0 Å². The number of amides is 1. The molecule has 1 saturated carbocycles. The third kappa shape index (κ3) is 5.40. The van der Waals surface area contributed by atoms with E-state index in [1.165, 1.54) is 24.8 Å². The van der Waals surface area contributed by atoms with Crippen molar-refractivity contribution in [3.63, 3.8) is 0 Å². The van der Waals surface area contributed by atoms with E-state index in [2.05, 4.69) is 10.3 Å². The summed E-state index contributed by atoms with van der Waals surface area (Å²) in [6, 6.07) is 2.91. The normalized spacial score (nSPS) is 16.8. The topological polar surface area (TPSA) is 71.5 Å². The van der Waals surface area contributed by atoms with Crippen molar-refractivity contribution >= 4 is 5.91 Å². The van der Waals surface area contributed by atoms with Gasteiger partial charge in [-0.25, -0.2) is 13.8 Å². The number of carbonyl (C=O) groups excluding carboxylic acids is 1. The fraction of sp³-hybridized carbons (Fsp3) is 0.647. The van der Waals surface area contributed by atoms with Gasteiger partial charge in [0.15, 0.2) is 6.61 Å². The van der Waals surface area contributed by atoms with Crippen LogP contribution in [0.5, 0.6) is 5.88 Å². The quantitative estimate of drug-likeness (QED) is 0.762.